The minimum atomic E-state index is 0.0602. The van der Waals surface area contributed by atoms with Crippen molar-refractivity contribution in [3.8, 4) is 11.5 Å². The van der Waals surface area contributed by atoms with Gasteiger partial charge in [-0.25, -0.2) is 0 Å². The first-order valence-corrected chi connectivity index (χ1v) is 8.29. The Hall–Kier alpha value is -1.05. The summed E-state index contributed by atoms with van der Waals surface area (Å²) in [6.07, 6.45) is 1.97. The molecule has 0 amide bonds. The molecule has 0 aliphatic rings. The summed E-state index contributed by atoms with van der Waals surface area (Å²) in [7, 11) is 3.94. The molecular formula is C17H26O3P-. The van der Waals surface area contributed by atoms with Gasteiger partial charge in [0.2, 0.25) is 0 Å². The van der Waals surface area contributed by atoms with Crippen molar-refractivity contribution >= 4 is 13.7 Å². The Labute approximate surface area is 130 Å². The summed E-state index contributed by atoms with van der Waals surface area (Å²) in [4.78, 5) is 0. The molecule has 0 N–H and O–H groups in total. The molecule has 0 heterocycles. The van der Waals surface area contributed by atoms with E-state index in [0.717, 1.165) is 20.8 Å². The van der Waals surface area contributed by atoms with Crippen LogP contribution in [0.25, 0.3) is 0 Å². The predicted octanol–water partition coefficient (Wildman–Crippen LogP) is 3.56. The van der Waals surface area contributed by atoms with E-state index < -0.39 is 0 Å². The monoisotopic (exact) mass is 309 g/mol. The lowest BCUT2D eigenvalue weighted by atomic mass is 9.86. The average Bonchev–Trinajstić information content (AvgIpc) is 2.41. The molecule has 0 spiro atoms. The molecule has 1 aromatic carbocycles. The Balaban J connectivity index is 2.92. The number of hydrogen-bond acceptors (Lipinski definition) is 3. The lowest BCUT2D eigenvalue weighted by Crippen LogP contribution is -2.19. The highest BCUT2D eigenvalue weighted by atomic mass is 31.1. The quantitative estimate of drug-likeness (QED) is 0.755. The number of hydrogen-bond donors (Lipinski definition) is 0. The van der Waals surface area contributed by atoms with Gasteiger partial charge >= 0.3 is 0 Å². The zero-order valence-electron chi connectivity index (χ0n) is 13.9. The molecule has 0 fully saturated rings. The minimum absolute atomic E-state index is 0.0602. The highest BCUT2D eigenvalue weighted by Gasteiger charge is 2.15. The van der Waals surface area contributed by atoms with E-state index in [2.05, 4.69) is 27.7 Å². The van der Waals surface area contributed by atoms with Crippen LogP contribution < -0.4 is 14.6 Å². The van der Waals surface area contributed by atoms with Gasteiger partial charge in [-0.1, -0.05) is 33.8 Å². The maximum Gasteiger partial charge on any atom is 0.129 e. The third-order valence-electron chi connectivity index (χ3n) is 3.15. The molecule has 0 saturated heterocycles. The van der Waals surface area contributed by atoms with Gasteiger partial charge in [-0.15, -0.1) is 13.7 Å². The molecule has 21 heavy (non-hydrogen) atoms. The van der Waals surface area contributed by atoms with Crippen molar-refractivity contribution in [2.75, 3.05) is 20.4 Å². The highest BCUT2D eigenvalue weighted by Crippen LogP contribution is 2.31. The second kappa shape index (κ2) is 7.82. The van der Waals surface area contributed by atoms with Crippen LogP contribution in [-0.2, 0) is 0 Å². The summed E-state index contributed by atoms with van der Waals surface area (Å²) < 4.78 is 10.6. The van der Waals surface area contributed by atoms with Crippen LogP contribution in [0.15, 0.2) is 18.2 Å². The SMILES string of the molecule is COc1cccc(OC)c1C([O-])=PCC(C)CC(C)(C)C. The van der Waals surface area contributed by atoms with E-state index in [0.29, 0.717) is 28.4 Å². The van der Waals surface area contributed by atoms with Crippen molar-refractivity contribution in [1.82, 2.24) is 0 Å². The van der Waals surface area contributed by atoms with Crippen LogP contribution in [0, 0.1) is 11.3 Å². The molecule has 1 unspecified atom stereocenters. The Morgan fingerprint density at radius 3 is 2.14 bits per heavy atom. The summed E-state index contributed by atoms with van der Waals surface area (Å²) in [5.41, 5.74) is 0.900. The van der Waals surface area contributed by atoms with Crippen molar-refractivity contribution in [3.63, 3.8) is 0 Å². The second-order valence-electron chi connectivity index (χ2n) is 6.55. The molecule has 0 saturated carbocycles. The number of ether oxygens (including phenoxy) is 2. The zero-order valence-corrected chi connectivity index (χ0v) is 14.8. The smallest absolute Gasteiger partial charge is 0.129 e. The van der Waals surface area contributed by atoms with E-state index in [1.165, 1.54) is 0 Å². The van der Waals surface area contributed by atoms with E-state index in [9.17, 15) is 5.11 Å². The van der Waals surface area contributed by atoms with Crippen molar-refractivity contribution in [2.24, 2.45) is 11.3 Å². The third kappa shape index (κ3) is 5.68. The van der Waals surface area contributed by atoms with Crippen LogP contribution in [0.2, 0.25) is 0 Å². The van der Waals surface area contributed by atoms with Crippen LogP contribution in [0.4, 0.5) is 0 Å². The largest absolute Gasteiger partial charge is 0.823 e. The molecule has 3 nitrogen and oxygen atoms in total. The lowest BCUT2D eigenvalue weighted by Gasteiger charge is -2.23. The van der Waals surface area contributed by atoms with E-state index in [-0.39, 0.29) is 5.48 Å². The Kier molecular flexibility index (Phi) is 6.70. The van der Waals surface area contributed by atoms with Gasteiger partial charge in [0.25, 0.3) is 0 Å². The fraction of sp³-hybridized carbons (Fsp3) is 0.588. The fourth-order valence-corrected chi connectivity index (χ4v) is 3.47. The van der Waals surface area contributed by atoms with Gasteiger partial charge in [-0.05, 0) is 36.0 Å². The molecule has 0 bridgehead atoms. The van der Waals surface area contributed by atoms with Gasteiger partial charge in [0.05, 0.1) is 14.2 Å². The standard InChI is InChI=1S/C17H27O3P/c1-12(10-17(2,3)4)11-21-16(18)15-13(19-5)8-7-9-14(15)20-6/h7-9,12,18H,10-11H2,1-6H3/p-1. The van der Waals surface area contributed by atoms with Crippen LogP contribution >= 0.6 is 8.20 Å². The van der Waals surface area contributed by atoms with Crippen molar-refractivity contribution in [1.29, 1.82) is 0 Å². The molecule has 0 aliphatic carbocycles. The van der Waals surface area contributed by atoms with Gasteiger partial charge in [0.15, 0.2) is 0 Å². The fourth-order valence-electron chi connectivity index (χ4n) is 2.49. The zero-order chi connectivity index (χ0) is 16.0. The molecule has 0 aliphatic heterocycles. The van der Waals surface area contributed by atoms with Gasteiger partial charge in [-0.3, -0.25) is 0 Å². The molecule has 0 aromatic heterocycles. The first-order chi connectivity index (χ1) is 9.78. The van der Waals surface area contributed by atoms with Gasteiger partial charge in [-0.2, -0.15) is 0 Å². The summed E-state index contributed by atoms with van der Waals surface area (Å²) in [6.45, 7) is 8.88. The van der Waals surface area contributed by atoms with Crippen molar-refractivity contribution in [2.45, 2.75) is 34.1 Å². The van der Waals surface area contributed by atoms with E-state index >= 15 is 0 Å². The average molecular weight is 309 g/mol. The Bertz CT molecular complexity index is 467. The molecule has 1 atom stereocenters. The van der Waals surface area contributed by atoms with E-state index in [1.54, 1.807) is 26.4 Å². The second-order valence-corrected chi connectivity index (χ2v) is 7.64. The Morgan fingerprint density at radius 2 is 1.71 bits per heavy atom. The normalized spacial score (nSPS) is 14.0. The first kappa shape index (κ1) is 18.0. The Morgan fingerprint density at radius 1 is 1.19 bits per heavy atom. The third-order valence-corrected chi connectivity index (χ3v) is 4.47. The molecule has 1 rings (SSSR count). The van der Waals surface area contributed by atoms with Gasteiger partial charge in [0, 0.05) is 5.56 Å². The van der Waals surface area contributed by atoms with Crippen LogP contribution in [-0.4, -0.2) is 25.9 Å². The molecule has 1 aromatic rings. The first-order valence-electron chi connectivity index (χ1n) is 7.21. The molecule has 118 valence electrons. The predicted molar refractivity (Wildman–Crippen MR) is 88.7 cm³/mol. The molecule has 4 heteroatoms. The van der Waals surface area contributed by atoms with E-state index in [4.69, 9.17) is 9.47 Å². The molecular weight excluding hydrogens is 283 g/mol. The molecule has 0 radical (unpaired) electrons. The van der Waals surface area contributed by atoms with Crippen LogP contribution in [0.5, 0.6) is 11.5 Å². The lowest BCUT2D eigenvalue weighted by molar-refractivity contribution is -0.207. The summed E-state index contributed by atoms with van der Waals surface area (Å²) in [5.74, 6) is 1.67. The van der Waals surface area contributed by atoms with Crippen LogP contribution in [0.1, 0.15) is 39.7 Å². The number of rotatable bonds is 6. The summed E-state index contributed by atoms with van der Waals surface area (Å²) in [6, 6.07) is 5.42. The van der Waals surface area contributed by atoms with Gasteiger partial charge < -0.3 is 14.6 Å². The van der Waals surface area contributed by atoms with E-state index in [1.807, 2.05) is 6.07 Å². The van der Waals surface area contributed by atoms with Crippen LogP contribution in [0.3, 0.4) is 0 Å². The topological polar surface area (TPSA) is 41.5 Å². The summed E-state index contributed by atoms with van der Waals surface area (Å²) in [5, 5.41) is 12.5. The number of benzene rings is 1. The summed E-state index contributed by atoms with van der Waals surface area (Å²) >= 11 is 0. The minimum Gasteiger partial charge on any atom is -0.823 e. The number of methoxy groups -OCH3 is 2. The maximum atomic E-state index is 12.5. The van der Waals surface area contributed by atoms with Crippen molar-refractivity contribution < 1.29 is 14.6 Å². The van der Waals surface area contributed by atoms with Crippen molar-refractivity contribution in [3.05, 3.63) is 23.8 Å². The highest BCUT2D eigenvalue weighted by molar-refractivity contribution is 7.40. The van der Waals surface area contributed by atoms with Gasteiger partial charge in [0.1, 0.15) is 11.5 Å². The maximum absolute atomic E-state index is 12.5.